The highest BCUT2D eigenvalue weighted by Gasteiger charge is 2.64. The summed E-state index contributed by atoms with van der Waals surface area (Å²) in [4.78, 5) is 53.8. The number of fused-ring (bicyclic) bond motifs is 3. The Balaban J connectivity index is 1.83. The molecule has 0 spiro atoms. The van der Waals surface area contributed by atoms with Crippen LogP contribution in [0.5, 0.6) is 11.5 Å². The van der Waals surface area contributed by atoms with Crippen LogP contribution in [0.1, 0.15) is 63.5 Å². The number of phenols is 1. The number of nitrogens with one attached hydrogen (secondary N) is 1. The molecule has 0 saturated heterocycles. The zero-order valence-corrected chi connectivity index (χ0v) is 24.3. The Morgan fingerprint density at radius 3 is 2.45 bits per heavy atom. The number of ether oxygens (including phenoxy) is 1. The monoisotopic (exact) mass is 585 g/mol. The highest BCUT2D eigenvalue weighted by molar-refractivity contribution is 6.24. The number of primary amides is 1. The number of nitrogens with zero attached hydrogens (tertiary/aromatic N) is 1. The number of amides is 2. The first-order valence-corrected chi connectivity index (χ1v) is 14.3. The molecule has 1 aromatic rings. The number of hydrogen-bond donors (Lipinski definition) is 6. The number of carbonyl (C=O) groups is 4. The number of rotatable bonds is 10. The van der Waals surface area contributed by atoms with Crippen molar-refractivity contribution in [2.75, 3.05) is 26.0 Å². The van der Waals surface area contributed by atoms with Gasteiger partial charge in [-0.1, -0.05) is 33.1 Å². The molecule has 0 radical (unpaired) electrons. The zero-order chi connectivity index (χ0) is 31.1. The summed E-state index contributed by atoms with van der Waals surface area (Å²) in [7, 11) is 2.98. The fraction of sp³-hybridized carbons (Fsp3) is 0.533. The number of aromatic hydroxyl groups is 1. The van der Waals surface area contributed by atoms with Crippen LogP contribution in [0.4, 0.5) is 5.69 Å². The molecule has 3 aliphatic rings. The molecule has 42 heavy (non-hydrogen) atoms. The van der Waals surface area contributed by atoms with Gasteiger partial charge >= 0.3 is 0 Å². The van der Waals surface area contributed by atoms with Crippen LogP contribution in [0.2, 0.25) is 0 Å². The Hall–Kier alpha value is -3.90. The van der Waals surface area contributed by atoms with E-state index in [0.29, 0.717) is 18.5 Å². The van der Waals surface area contributed by atoms with Crippen LogP contribution >= 0.6 is 0 Å². The minimum atomic E-state index is -2.73. The second-order valence-corrected chi connectivity index (χ2v) is 11.3. The number of aliphatic hydroxyl groups excluding tert-OH is 2. The number of anilines is 1. The molecular formula is C30H39N3O9. The summed E-state index contributed by atoms with van der Waals surface area (Å²) < 4.78 is 5.54. The van der Waals surface area contributed by atoms with Crippen molar-refractivity contribution in [2.24, 2.45) is 17.6 Å². The van der Waals surface area contributed by atoms with Gasteiger partial charge in [-0.05, 0) is 38.8 Å². The van der Waals surface area contributed by atoms with E-state index in [1.54, 1.807) is 18.9 Å². The molecule has 12 nitrogen and oxygen atoms in total. The van der Waals surface area contributed by atoms with Crippen LogP contribution in [0.15, 0.2) is 23.0 Å². The van der Waals surface area contributed by atoms with E-state index in [1.165, 1.54) is 13.2 Å². The van der Waals surface area contributed by atoms with Gasteiger partial charge in [-0.2, -0.15) is 0 Å². The van der Waals surface area contributed by atoms with Gasteiger partial charge in [0.15, 0.2) is 17.1 Å². The standard InChI is InChI=1S/C30H39N3O9/c1-5-7-8-9-10-19(34)32-17-13-18(42-4)15-11-14-12-16-23(33(3)6-2)26(37)22(29(31)40)28(39)30(16,41)27(38)20(14)25(36)21(15)24(17)35/h13-14,16,23,35-36,39,41H,5-12H2,1-4H3,(H2,31,40)(H,32,34)/t14-,16-,23-,30-/m0/s1. The number of nitrogens with two attached hydrogens (primary N) is 1. The second kappa shape index (κ2) is 11.8. The Morgan fingerprint density at radius 2 is 1.86 bits per heavy atom. The minimum Gasteiger partial charge on any atom is -0.508 e. The predicted molar refractivity (Wildman–Crippen MR) is 153 cm³/mol. The van der Waals surface area contributed by atoms with Crippen LogP contribution in [0.25, 0.3) is 5.76 Å². The number of benzene rings is 1. The van der Waals surface area contributed by atoms with Gasteiger partial charge in [-0.3, -0.25) is 24.1 Å². The molecule has 2 amide bonds. The van der Waals surface area contributed by atoms with Crippen LogP contribution in [0.3, 0.4) is 0 Å². The van der Waals surface area contributed by atoms with Gasteiger partial charge in [-0.25, -0.2) is 0 Å². The van der Waals surface area contributed by atoms with Gasteiger partial charge < -0.3 is 36.2 Å². The van der Waals surface area contributed by atoms with Gasteiger partial charge in [0.2, 0.25) is 11.7 Å². The Bertz CT molecular complexity index is 1400. The van der Waals surface area contributed by atoms with E-state index < -0.39 is 63.8 Å². The van der Waals surface area contributed by atoms with Crippen molar-refractivity contribution in [1.29, 1.82) is 0 Å². The number of ketones is 2. The minimum absolute atomic E-state index is 0.0248. The number of hydrogen-bond acceptors (Lipinski definition) is 10. The number of aliphatic hydroxyl groups is 3. The van der Waals surface area contributed by atoms with Gasteiger partial charge in [0.05, 0.1) is 24.4 Å². The highest BCUT2D eigenvalue weighted by Crippen LogP contribution is 2.54. The molecule has 12 heteroatoms. The lowest BCUT2D eigenvalue weighted by atomic mass is 9.57. The number of methoxy groups -OCH3 is 1. The van der Waals surface area contributed by atoms with E-state index in [1.807, 2.05) is 0 Å². The average molecular weight is 586 g/mol. The van der Waals surface area contributed by atoms with Crippen molar-refractivity contribution >= 4 is 34.8 Å². The third kappa shape index (κ3) is 4.82. The van der Waals surface area contributed by atoms with E-state index in [-0.39, 0.29) is 47.7 Å². The van der Waals surface area contributed by atoms with Gasteiger partial charge in [0, 0.05) is 29.5 Å². The number of phenolic OH excluding ortho intramolecular Hbond substituents is 1. The summed E-state index contributed by atoms with van der Waals surface area (Å²) in [5.41, 5.74) is 1.73. The maximum atomic E-state index is 14.1. The third-order valence-electron chi connectivity index (χ3n) is 8.85. The van der Waals surface area contributed by atoms with E-state index in [0.717, 1.165) is 19.3 Å². The van der Waals surface area contributed by atoms with Crippen LogP contribution in [0, 0.1) is 11.8 Å². The number of likely N-dealkylation sites (N-methyl/N-ethyl adjacent to an activating group) is 1. The van der Waals surface area contributed by atoms with Crippen molar-refractivity contribution < 1.29 is 44.3 Å². The molecule has 0 aromatic heterocycles. The second-order valence-electron chi connectivity index (χ2n) is 11.3. The fourth-order valence-corrected chi connectivity index (χ4v) is 6.59. The van der Waals surface area contributed by atoms with Crippen LogP contribution < -0.4 is 15.8 Å². The summed E-state index contributed by atoms with van der Waals surface area (Å²) in [6, 6.07) is 0.292. The smallest absolute Gasteiger partial charge is 0.255 e. The topological polar surface area (TPSA) is 200 Å². The number of carbonyl (C=O) groups excluding carboxylic acids is 4. The average Bonchev–Trinajstić information content (AvgIpc) is 2.94. The fourth-order valence-electron chi connectivity index (χ4n) is 6.59. The first kappa shape index (κ1) is 31.0. The predicted octanol–water partition coefficient (Wildman–Crippen LogP) is 2.27. The lowest BCUT2D eigenvalue weighted by Gasteiger charge is -2.50. The van der Waals surface area contributed by atoms with Gasteiger partial charge in [-0.15, -0.1) is 0 Å². The highest BCUT2D eigenvalue weighted by atomic mass is 16.5. The van der Waals surface area contributed by atoms with Crippen molar-refractivity contribution in [3.63, 3.8) is 0 Å². The molecule has 7 N–H and O–H groups in total. The molecule has 0 aliphatic heterocycles. The van der Waals surface area contributed by atoms with Gasteiger partial charge in [0.1, 0.15) is 22.8 Å². The summed E-state index contributed by atoms with van der Waals surface area (Å²) in [6.45, 7) is 4.13. The Kier molecular flexibility index (Phi) is 8.70. The lowest BCUT2D eigenvalue weighted by Crippen LogP contribution is -2.66. The largest absolute Gasteiger partial charge is 0.508 e. The molecule has 0 heterocycles. The maximum absolute atomic E-state index is 14.1. The molecule has 4 rings (SSSR count). The van der Waals surface area contributed by atoms with Crippen molar-refractivity contribution in [3.05, 3.63) is 34.1 Å². The summed E-state index contributed by atoms with van der Waals surface area (Å²) in [5.74, 6) is -7.48. The van der Waals surface area contributed by atoms with Crippen LogP contribution in [-0.2, 0) is 25.6 Å². The van der Waals surface area contributed by atoms with E-state index in [2.05, 4.69) is 12.2 Å². The zero-order valence-electron chi connectivity index (χ0n) is 24.3. The normalized spacial score (nSPS) is 25.2. The molecule has 1 aromatic carbocycles. The summed E-state index contributed by atoms with van der Waals surface area (Å²) >= 11 is 0. The quantitative estimate of drug-likeness (QED) is 0.134. The van der Waals surface area contributed by atoms with Crippen molar-refractivity contribution in [3.8, 4) is 11.5 Å². The molecule has 3 aliphatic carbocycles. The molecular weight excluding hydrogens is 546 g/mol. The number of Topliss-reactive ketones (excluding diaryl/α,β-unsaturated/α-hetero) is 2. The van der Waals surface area contributed by atoms with E-state index >= 15 is 0 Å². The molecule has 228 valence electrons. The van der Waals surface area contributed by atoms with Crippen LogP contribution in [-0.4, -0.2) is 81.1 Å². The summed E-state index contributed by atoms with van der Waals surface area (Å²) in [6.07, 6.45) is 3.82. The molecule has 1 fully saturated rings. The van der Waals surface area contributed by atoms with Crippen molar-refractivity contribution in [2.45, 2.75) is 70.4 Å². The first-order valence-electron chi connectivity index (χ1n) is 14.3. The molecule has 0 unspecified atom stereocenters. The van der Waals surface area contributed by atoms with Crippen molar-refractivity contribution in [1.82, 2.24) is 4.90 Å². The maximum Gasteiger partial charge on any atom is 0.255 e. The number of unbranched alkanes of at least 4 members (excludes halogenated alkanes) is 3. The Morgan fingerprint density at radius 1 is 1.17 bits per heavy atom. The van der Waals surface area contributed by atoms with E-state index in [4.69, 9.17) is 10.5 Å². The molecule has 0 bridgehead atoms. The summed E-state index contributed by atoms with van der Waals surface area (Å²) in [5, 5.41) is 48.1. The van der Waals surface area contributed by atoms with E-state index in [9.17, 15) is 39.6 Å². The lowest BCUT2D eigenvalue weighted by molar-refractivity contribution is -0.154. The third-order valence-corrected chi connectivity index (χ3v) is 8.85. The molecule has 1 saturated carbocycles. The molecule has 4 atom stereocenters. The SMILES string of the molecule is CCCCCCC(=O)Nc1cc(OC)c2c(c1O)C(O)=C1C(=O)[C@]3(O)C(O)=C(C(N)=O)C(=O)[C@@H](N(C)CC)[C@@H]3C[C@@H]1C2. The van der Waals surface area contributed by atoms with Gasteiger partial charge in [0.25, 0.3) is 5.91 Å². The Labute approximate surface area is 243 Å². The first-order chi connectivity index (χ1) is 19.8.